The molecule has 1 N–H and O–H groups in total. The van der Waals surface area contributed by atoms with Crippen LogP contribution in [0.25, 0.3) is 5.82 Å². The number of alkyl halides is 6. The highest BCUT2D eigenvalue weighted by atomic mass is 19.4. The first kappa shape index (κ1) is 22.3. The third-order valence-electron chi connectivity index (χ3n) is 4.58. The summed E-state index contributed by atoms with van der Waals surface area (Å²) in [5.74, 6) is -1.53. The summed E-state index contributed by atoms with van der Waals surface area (Å²) in [7, 11) is 0. The molecule has 0 saturated heterocycles. The molecule has 1 atom stereocenters. The fourth-order valence-electron chi connectivity index (χ4n) is 3.06. The number of hydrogen-bond acceptors (Lipinski definition) is 3. The predicted octanol–water partition coefficient (Wildman–Crippen LogP) is 5.10. The van der Waals surface area contributed by atoms with Crippen LogP contribution in [0.4, 0.5) is 26.3 Å². The summed E-state index contributed by atoms with van der Waals surface area (Å²) in [5.41, 5.74) is -1.76. The molecule has 1 aromatic carbocycles. The van der Waals surface area contributed by atoms with E-state index < -0.39 is 46.9 Å². The molecule has 0 spiro atoms. The molecule has 1 amide bonds. The Morgan fingerprint density at radius 3 is 2.23 bits per heavy atom. The van der Waals surface area contributed by atoms with E-state index >= 15 is 0 Å². The fourth-order valence-corrected chi connectivity index (χ4v) is 3.06. The summed E-state index contributed by atoms with van der Waals surface area (Å²) >= 11 is 0. The summed E-state index contributed by atoms with van der Waals surface area (Å²) in [6, 6.07) is 7.81. The number of aryl methyl sites for hydroxylation is 1. The van der Waals surface area contributed by atoms with Gasteiger partial charge in [-0.3, -0.25) is 4.79 Å². The number of benzene rings is 1. The number of aromatic nitrogens is 3. The van der Waals surface area contributed by atoms with Crippen LogP contribution in [0, 0.1) is 6.92 Å². The van der Waals surface area contributed by atoms with E-state index in [9.17, 15) is 31.1 Å². The minimum Gasteiger partial charge on any atom is -0.345 e. The van der Waals surface area contributed by atoms with E-state index in [0.29, 0.717) is 23.1 Å². The number of carbonyl (C=O) groups is 1. The Morgan fingerprint density at radius 2 is 1.68 bits per heavy atom. The van der Waals surface area contributed by atoms with Gasteiger partial charge < -0.3 is 5.32 Å². The summed E-state index contributed by atoms with van der Waals surface area (Å²) in [6.45, 7) is 3.42. The van der Waals surface area contributed by atoms with Crippen LogP contribution in [0.5, 0.6) is 0 Å². The van der Waals surface area contributed by atoms with E-state index in [2.05, 4.69) is 15.4 Å². The Labute approximate surface area is 172 Å². The number of hydrogen-bond donors (Lipinski definition) is 1. The Hall–Kier alpha value is -3.37. The maximum absolute atomic E-state index is 13.7. The van der Waals surface area contributed by atoms with E-state index in [1.54, 1.807) is 38.1 Å². The molecule has 0 aliphatic carbocycles. The molecule has 0 bridgehead atoms. The van der Waals surface area contributed by atoms with E-state index in [0.717, 1.165) is 17.2 Å². The Bertz CT molecular complexity index is 1090. The molecule has 0 aliphatic heterocycles. The molecule has 2 aromatic heterocycles. The van der Waals surface area contributed by atoms with Gasteiger partial charge >= 0.3 is 12.4 Å². The quantitative estimate of drug-likeness (QED) is 0.572. The standard InChI is InChI=1S/C20H16F6N4O/c1-11-5-3-4-6-14(11)12(2)29-18(31)15-10-28-30(17(15)20(24,25)26)16-8-7-13(9-27-16)19(21,22)23/h3-10,12H,1-2H3,(H,29,31)/t12-/m0/s1. The summed E-state index contributed by atoms with van der Waals surface area (Å²) in [5, 5.41) is 6.05. The second-order valence-electron chi connectivity index (χ2n) is 6.77. The van der Waals surface area contributed by atoms with Crippen LogP contribution in [0.1, 0.15) is 45.7 Å². The number of rotatable bonds is 4. The topological polar surface area (TPSA) is 59.8 Å². The minimum atomic E-state index is -5.01. The van der Waals surface area contributed by atoms with Gasteiger partial charge in [0.1, 0.15) is 0 Å². The lowest BCUT2D eigenvalue weighted by atomic mass is 10.0. The van der Waals surface area contributed by atoms with Crippen LogP contribution in [0.2, 0.25) is 0 Å². The highest BCUT2D eigenvalue weighted by molar-refractivity contribution is 5.95. The molecule has 5 nitrogen and oxygen atoms in total. The third kappa shape index (κ3) is 4.70. The van der Waals surface area contributed by atoms with Crippen molar-refractivity contribution < 1.29 is 31.1 Å². The van der Waals surface area contributed by atoms with Gasteiger partial charge in [-0.25, -0.2) is 9.67 Å². The zero-order chi connectivity index (χ0) is 23.0. The first-order valence-electron chi connectivity index (χ1n) is 8.95. The van der Waals surface area contributed by atoms with E-state index in [1.807, 2.05) is 0 Å². The van der Waals surface area contributed by atoms with Crippen LogP contribution in [0.15, 0.2) is 48.8 Å². The van der Waals surface area contributed by atoms with Crippen LogP contribution in [-0.2, 0) is 12.4 Å². The Morgan fingerprint density at radius 1 is 1.00 bits per heavy atom. The lowest BCUT2D eigenvalue weighted by Gasteiger charge is -2.17. The molecule has 3 rings (SSSR count). The van der Waals surface area contributed by atoms with Crippen molar-refractivity contribution in [2.24, 2.45) is 0 Å². The first-order valence-corrected chi connectivity index (χ1v) is 8.95. The molecule has 2 heterocycles. The van der Waals surface area contributed by atoms with Gasteiger partial charge in [-0.15, -0.1) is 0 Å². The average Bonchev–Trinajstić information content (AvgIpc) is 3.13. The van der Waals surface area contributed by atoms with Crippen molar-refractivity contribution in [3.05, 3.63) is 76.7 Å². The minimum absolute atomic E-state index is 0.299. The number of halogens is 6. The predicted molar refractivity (Wildman–Crippen MR) is 98.4 cm³/mol. The van der Waals surface area contributed by atoms with Gasteiger partial charge in [0, 0.05) is 6.20 Å². The average molecular weight is 442 g/mol. The second kappa shape index (κ2) is 8.05. The van der Waals surface area contributed by atoms with Gasteiger partial charge in [-0.2, -0.15) is 31.4 Å². The van der Waals surface area contributed by atoms with Crippen LogP contribution >= 0.6 is 0 Å². The second-order valence-corrected chi connectivity index (χ2v) is 6.77. The summed E-state index contributed by atoms with van der Waals surface area (Å²) in [4.78, 5) is 16.0. The molecular weight excluding hydrogens is 426 g/mol. The zero-order valence-corrected chi connectivity index (χ0v) is 16.2. The van der Waals surface area contributed by atoms with Crippen molar-refractivity contribution in [3.63, 3.8) is 0 Å². The van der Waals surface area contributed by atoms with Crippen molar-refractivity contribution in [3.8, 4) is 5.82 Å². The molecule has 0 saturated carbocycles. The van der Waals surface area contributed by atoms with E-state index in [4.69, 9.17) is 0 Å². The summed E-state index contributed by atoms with van der Waals surface area (Å²) < 4.78 is 79.6. The first-order chi connectivity index (χ1) is 14.4. The van der Waals surface area contributed by atoms with Crippen molar-refractivity contribution in [1.29, 1.82) is 0 Å². The van der Waals surface area contributed by atoms with Gasteiger partial charge in [0.05, 0.1) is 23.4 Å². The molecular formula is C20H16F6N4O. The lowest BCUT2D eigenvalue weighted by molar-refractivity contribution is -0.143. The molecule has 0 fully saturated rings. The van der Waals surface area contributed by atoms with Gasteiger partial charge in [0.2, 0.25) is 0 Å². The maximum Gasteiger partial charge on any atom is 0.434 e. The van der Waals surface area contributed by atoms with Gasteiger partial charge in [-0.05, 0) is 37.1 Å². The molecule has 0 aliphatic rings. The molecule has 3 aromatic rings. The monoisotopic (exact) mass is 442 g/mol. The maximum atomic E-state index is 13.7. The number of carbonyl (C=O) groups excluding carboxylic acids is 1. The molecule has 0 radical (unpaired) electrons. The van der Waals surface area contributed by atoms with Crippen LogP contribution in [-0.4, -0.2) is 20.7 Å². The van der Waals surface area contributed by atoms with Gasteiger partial charge in [-0.1, -0.05) is 24.3 Å². The van der Waals surface area contributed by atoms with Gasteiger partial charge in [0.15, 0.2) is 11.5 Å². The van der Waals surface area contributed by atoms with Crippen molar-refractivity contribution in [2.75, 3.05) is 0 Å². The Balaban J connectivity index is 1.96. The van der Waals surface area contributed by atoms with Crippen LogP contribution in [0.3, 0.4) is 0 Å². The molecule has 164 valence electrons. The Kier molecular flexibility index (Phi) is 5.79. The molecule has 11 heteroatoms. The van der Waals surface area contributed by atoms with E-state index in [1.165, 1.54) is 0 Å². The molecule has 31 heavy (non-hydrogen) atoms. The smallest absolute Gasteiger partial charge is 0.345 e. The lowest BCUT2D eigenvalue weighted by Crippen LogP contribution is -2.29. The normalized spacial score (nSPS) is 13.2. The third-order valence-corrected chi connectivity index (χ3v) is 4.58. The number of amides is 1. The van der Waals surface area contributed by atoms with Crippen molar-refractivity contribution in [1.82, 2.24) is 20.1 Å². The van der Waals surface area contributed by atoms with Gasteiger partial charge in [0.25, 0.3) is 5.91 Å². The number of pyridine rings is 1. The highest BCUT2D eigenvalue weighted by Crippen LogP contribution is 2.34. The van der Waals surface area contributed by atoms with E-state index in [-0.39, 0.29) is 0 Å². The molecule has 0 unspecified atom stereocenters. The SMILES string of the molecule is Cc1ccccc1[C@H](C)NC(=O)c1cnn(-c2ccc(C(F)(F)F)cn2)c1C(F)(F)F. The van der Waals surface area contributed by atoms with Crippen LogP contribution < -0.4 is 5.32 Å². The summed E-state index contributed by atoms with van der Waals surface area (Å²) in [6.07, 6.45) is -8.60. The largest absolute Gasteiger partial charge is 0.434 e. The zero-order valence-electron chi connectivity index (χ0n) is 16.2. The number of nitrogens with one attached hydrogen (secondary N) is 1. The fraction of sp³-hybridized carbons (Fsp3) is 0.250. The number of nitrogens with zero attached hydrogens (tertiary/aromatic N) is 3. The van der Waals surface area contributed by atoms with Crippen molar-refractivity contribution in [2.45, 2.75) is 32.2 Å². The highest BCUT2D eigenvalue weighted by Gasteiger charge is 2.41. The van der Waals surface area contributed by atoms with Crippen molar-refractivity contribution >= 4 is 5.91 Å².